The molecule has 0 atom stereocenters. The second-order valence-electron chi connectivity index (χ2n) is 4.32. The van der Waals surface area contributed by atoms with Crippen LogP contribution in [0.25, 0.3) is 5.00 Å². The fourth-order valence-electron chi connectivity index (χ4n) is 2.00. The Hall–Kier alpha value is -2.34. The molecule has 3 rings (SSSR count). The quantitative estimate of drug-likeness (QED) is 0.779. The van der Waals surface area contributed by atoms with Crippen molar-refractivity contribution in [2.24, 2.45) is 0 Å². The van der Waals surface area contributed by atoms with E-state index in [-0.39, 0.29) is 17.4 Å². The average molecular weight is 290 g/mol. The molecule has 0 aliphatic carbocycles. The first-order valence-corrected chi connectivity index (χ1v) is 6.84. The van der Waals surface area contributed by atoms with E-state index in [2.05, 4.69) is 4.98 Å². The highest BCUT2D eigenvalue weighted by Gasteiger charge is 2.15. The lowest BCUT2D eigenvalue weighted by Crippen LogP contribution is -2.13. The Bertz CT molecular complexity index is 773. The van der Waals surface area contributed by atoms with Crippen molar-refractivity contribution in [2.45, 2.75) is 6.42 Å². The largest absolute Gasteiger partial charge is 0.493 e. The van der Waals surface area contributed by atoms with Crippen molar-refractivity contribution in [3.63, 3.8) is 0 Å². The van der Waals surface area contributed by atoms with Gasteiger partial charge in [-0.3, -0.25) is 0 Å². The van der Waals surface area contributed by atoms with Crippen molar-refractivity contribution in [3.05, 3.63) is 69.3 Å². The molecule has 0 fully saturated rings. The molecule has 4 nitrogen and oxygen atoms in total. The third-order valence-corrected chi connectivity index (χ3v) is 3.82. The molecule has 1 aromatic carbocycles. The van der Waals surface area contributed by atoms with Gasteiger partial charge in [0.2, 0.25) is 5.88 Å². The lowest BCUT2D eigenvalue weighted by molar-refractivity contribution is 0.436. The topological polar surface area (TPSA) is 58.0 Å². The smallest absolute Gasteiger partial charge is 0.333 e. The third-order valence-electron chi connectivity index (χ3n) is 2.96. The van der Waals surface area contributed by atoms with Crippen LogP contribution in [0.3, 0.4) is 0 Å². The number of aromatic hydroxyl groups is 1. The van der Waals surface area contributed by atoms with Gasteiger partial charge in [0.05, 0.1) is 5.69 Å². The van der Waals surface area contributed by atoms with Crippen molar-refractivity contribution >= 4 is 11.3 Å². The summed E-state index contributed by atoms with van der Waals surface area (Å²) < 4.78 is 14.1. The Morgan fingerprint density at radius 3 is 2.65 bits per heavy atom. The molecule has 20 heavy (non-hydrogen) atoms. The fraction of sp³-hybridized carbons (Fsp3) is 0.0714. The van der Waals surface area contributed by atoms with Gasteiger partial charge < -0.3 is 10.1 Å². The van der Waals surface area contributed by atoms with E-state index in [4.69, 9.17) is 0 Å². The zero-order valence-corrected chi connectivity index (χ0v) is 11.2. The molecule has 0 saturated carbocycles. The molecule has 0 saturated heterocycles. The van der Waals surface area contributed by atoms with Crippen LogP contribution in [0.4, 0.5) is 4.39 Å². The van der Waals surface area contributed by atoms with E-state index >= 15 is 0 Å². The molecular formula is C14H11FN2O2S. The number of H-pyrrole nitrogens is 1. The predicted molar refractivity (Wildman–Crippen MR) is 75.1 cm³/mol. The van der Waals surface area contributed by atoms with E-state index < -0.39 is 0 Å². The highest BCUT2D eigenvalue weighted by atomic mass is 32.1. The van der Waals surface area contributed by atoms with Gasteiger partial charge in [0.1, 0.15) is 10.8 Å². The second-order valence-corrected chi connectivity index (χ2v) is 5.25. The number of hydrogen-bond acceptors (Lipinski definition) is 3. The molecule has 0 aliphatic rings. The SMILES string of the molecule is O=c1[nH]c(Cc2ccc(F)cc2)c(O)n1-c1cccs1. The van der Waals surface area contributed by atoms with Gasteiger partial charge in [-0.2, -0.15) is 0 Å². The summed E-state index contributed by atoms with van der Waals surface area (Å²) in [6, 6.07) is 9.49. The maximum atomic E-state index is 12.8. The second kappa shape index (κ2) is 4.97. The van der Waals surface area contributed by atoms with Crippen molar-refractivity contribution in [1.82, 2.24) is 9.55 Å². The Morgan fingerprint density at radius 1 is 1.25 bits per heavy atom. The summed E-state index contributed by atoms with van der Waals surface area (Å²) in [4.78, 5) is 14.5. The van der Waals surface area contributed by atoms with E-state index in [1.807, 2.05) is 5.38 Å². The molecule has 3 aromatic rings. The van der Waals surface area contributed by atoms with Gasteiger partial charge in [-0.05, 0) is 35.2 Å². The number of aromatic nitrogens is 2. The average Bonchev–Trinajstić information content (AvgIpc) is 3.02. The number of hydrogen-bond donors (Lipinski definition) is 2. The monoisotopic (exact) mass is 290 g/mol. The predicted octanol–water partition coefficient (Wildman–Crippen LogP) is 2.66. The summed E-state index contributed by atoms with van der Waals surface area (Å²) in [5.41, 5.74) is 0.832. The maximum absolute atomic E-state index is 12.8. The number of nitrogens with zero attached hydrogens (tertiary/aromatic N) is 1. The molecule has 0 amide bonds. The normalized spacial score (nSPS) is 10.8. The van der Waals surface area contributed by atoms with Crippen molar-refractivity contribution in [2.75, 3.05) is 0 Å². The molecular weight excluding hydrogens is 279 g/mol. The van der Waals surface area contributed by atoms with Crippen LogP contribution in [0.5, 0.6) is 5.88 Å². The van der Waals surface area contributed by atoms with Gasteiger partial charge >= 0.3 is 5.69 Å². The molecule has 102 valence electrons. The summed E-state index contributed by atoms with van der Waals surface area (Å²) in [5, 5.41) is 12.6. The Kier molecular flexibility index (Phi) is 3.15. The highest BCUT2D eigenvalue weighted by Crippen LogP contribution is 2.23. The van der Waals surface area contributed by atoms with E-state index in [1.54, 1.807) is 24.3 Å². The minimum absolute atomic E-state index is 0.109. The molecule has 2 aromatic heterocycles. The lowest BCUT2D eigenvalue weighted by atomic mass is 10.1. The molecule has 0 aliphatic heterocycles. The maximum Gasteiger partial charge on any atom is 0.333 e. The number of imidazole rings is 1. The first kappa shape index (κ1) is 12.7. The van der Waals surface area contributed by atoms with Crippen LogP contribution < -0.4 is 5.69 Å². The van der Waals surface area contributed by atoms with Gasteiger partial charge in [0.25, 0.3) is 0 Å². The molecule has 2 heterocycles. The van der Waals surface area contributed by atoms with Gasteiger partial charge in [-0.1, -0.05) is 12.1 Å². The van der Waals surface area contributed by atoms with Gasteiger partial charge in [0, 0.05) is 6.42 Å². The van der Waals surface area contributed by atoms with Crippen LogP contribution in [0.1, 0.15) is 11.3 Å². The van der Waals surface area contributed by atoms with Crippen LogP contribution in [0.15, 0.2) is 46.6 Å². The first-order chi connectivity index (χ1) is 9.65. The summed E-state index contributed by atoms with van der Waals surface area (Å²) in [5.74, 6) is -0.426. The minimum atomic E-state index is -0.387. The molecule has 0 unspecified atom stereocenters. The molecule has 0 spiro atoms. The Morgan fingerprint density at radius 2 is 2.00 bits per heavy atom. The Balaban J connectivity index is 1.98. The first-order valence-electron chi connectivity index (χ1n) is 5.96. The van der Waals surface area contributed by atoms with Gasteiger partial charge in [-0.15, -0.1) is 11.3 Å². The van der Waals surface area contributed by atoms with E-state index in [1.165, 1.54) is 28.0 Å². The number of benzene rings is 1. The number of thiophene rings is 1. The summed E-state index contributed by atoms with van der Waals surface area (Å²) >= 11 is 1.36. The van der Waals surface area contributed by atoms with Crippen LogP contribution in [0.2, 0.25) is 0 Å². The number of halogens is 1. The van der Waals surface area contributed by atoms with Gasteiger partial charge in [0.15, 0.2) is 0 Å². The van der Waals surface area contributed by atoms with E-state index in [0.717, 1.165) is 5.56 Å². The Labute approximate surface area is 117 Å². The van der Waals surface area contributed by atoms with Crippen molar-refractivity contribution in [3.8, 4) is 10.9 Å². The highest BCUT2D eigenvalue weighted by molar-refractivity contribution is 7.12. The van der Waals surface area contributed by atoms with E-state index in [0.29, 0.717) is 17.1 Å². The number of aromatic amines is 1. The van der Waals surface area contributed by atoms with Gasteiger partial charge in [-0.25, -0.2) is 13.8 Å². The standard InChI is InChI=1S/C14H11FN2O2S/c15-10-5-3-9(4-6-10)8-11-13(18)17(14(19)16-11)12-2-1-7-20-12/h1-7,18H,8H2,(H,16,19). The third kappa shape index (κ3) is 2.25. The van der Waals surface area contributed by atoms with Crippen LogP contribution in [0, 0.1) is 5.82 Å². The number of nitrogens with one attached hydrogen (secondary N) is 1. The lowest BCUT2D eigenvalue weighted by Gasteiger charge is -2.01. The molecule has 0 bridgehead atoms. The van der Waals surface area contributed by atoms with Crippen LogP contribution in [-0.4, -0.2) is 14.7 Å². The molecule has 2 N–H and O–H groups in total. The van der Waals surface area contributed by atoms with Crippen molar-refractivity contribution in [1.29, 1.82) is 0 Å². The summed E-state index contributed by atoms with van der Waals surface area (Å²) in [7, 11) is 0. The zero-order valence-electron chi connectivity index (χ0n) is 10.3. The van der Waals surface area contributed by atoms with Crippen LogP contribution >= 0.6 is 11.3 Å². The summed E-state index contributed by atoms with van der Waals surface area (Å²) in [6.45, 7) is 0. The zero-order chi connectivity index (χ0) is 14.1. The molecule has 6 heteroatoms. The van der Waals surface area contributed by atoms with Crippen molar-refractivity contribution < 1.29 is 9.50 Å². The molecule has 0 radical (unpaired) electrons. The summed E-state index contributed by atoms with van der Waals surface area (Å²) in [6.07, 6.45) is 0.333. The number of rotatable bonds is 3. The van der Waals surface area contributed by atoms with E-state index in [9.17, 15) is 14.3 Å². The minimum Gasteiger partial charge on any atom is -0.493 e. The van der Waals surface area contributed by atoms with Crippen LogP contribution in [-0.2, 0) is 6.42 Å². The fourth-order valence-corrected chi connectivity index (χ4v) is 2.73.